The zero-order valence-corrected chi connectivity index (χ0v) is 20.4. The summed E-state index contributed by atoms with van der Waals surface area (Å²) in [6, 6.07) is 3.38. The molecule has 3 rings (SSSR count). The molecule has 0 saturated carbocycles. The maximum Gasteiger partial charge on any atom is 0.340 e. The monoisotopic (exact) mass is 454 g/mol. The van der Waals surface area contributed by atoms with Gasteiger partial charge in [0.25, 0.3) is 11.8 Å². The Hall–Kier alpha value is -3.16. The summed E-state index contributed by atoms with van der Waals surface area (Å²) in [5.74, 6) is -0.558. The van der Waals surface area contributed by atoms with Gasteiger partial charge in [0.05, 0.1) is 5.56 Å². The Morgan fingerprint density at radius 2 is 1.88 bits per heavy atom. The molecule has 0 radical (unpaired) electrons. The number of hydrogen-bond acceptors (Lipinski definition) is 5. The van der Waals surface area contributed by atoms with Gasteiger partial charge < -0.3 is 19.1 Å². The molecule has 33 heavy (non-hydrogen) atoms. The molecule has 2 amide bonds. The van der Waals surface area contributed by atoms with Crippen LogP contribution < -0.4 is 0 Å². The number of amides is 2. The van der Waals surface area contributed by atoms with Gasteiger partial charge in [-0.2, -0.15) is 0 Å². The van der Waals surface area contributed by atoms with Crippen LogP contribution >= 0.6 is 0 Å². The fourth-order valence-corrected chi connectivity index (χ4v) is 3.73. The van der Waals surface area contributed by atoms with Gasteiger partial charge in [-0.3, -0.25) is 14.6 Å². The second-order valence-corrected chi connectivity index (χ2v) is 9.73. The van der Waals surface area contributed by atoms with Gasteiger partial charge in [0.15, 0.2) is 0 Å². The molecular weight excluding hydrogens is 420 g/mol. The van der Waals surface area contributed by atoms with E-state index in [0.717, 1.165) is 0 Å². The van der Waals surface area contributed by atoms with Crippen LogP contribution in [0.1, 0.15) is 70.9 Å². The van der Waals surface area contributed by atoms with Gasteiger partial charge in [0, 0.05) is 57.4 Å². The van der Waals surface area contributed by atoms with Crippen LogP contribution in [0.5, 0.6) is 0 Å². The Morgan fingerprint density at radius 1 is 1.21 bits per heavy atom. The molecule has 0 fully saturated rings. The second-order valence-electron chi connectivity index (χ2n) is 9.73. The lowest BCUT2D eigenvalue weighted by molar-refractivity contribution is 0.00472. The Morgan fingerprint density at radius 3 is 2.52 bits per heavy atom. The van der Waals surface area contributed by atoms with Crippen LogP contribution in [-0.2, 0) is 11.3 Å². The van der Waals surface area contributed by atoms with E-state index in [2.05, 4.69) is 4.98 Å². The molecule has 3 heterocycles. The number of aromatic nitrogens is 2. The maximum atomic E-state index is 13.2. The van der Waals surface area contributed by atoms with Crippen molar-refractivity contribution < 1.29 is 19.1 Å². The lowest BCUT2D eigenvalue weighted by atomic mass is 9.90. The fraction of sp³-hybridized carbons (Fsp3) is 0.520. The molecule has 0 N–H and O–H groups in total. The molecule has 0 spiro atoms. The number of hydrogen-bond donors (Lipinski definition) is 0. The van der Waals surface area contributed by atoms with Gasteiger partial charge in [-0.15, -0.1) is 0 Å². The van der Waals surface area contributed by atoms with Crippen LogP contribution in [0.3, 0.4) is 0 Å². The molecule has 0 aromatic carbocycles. The van der Waals surface area contributed by atoms with Crippen molar-refractivity contribution in [3.05, 3.63) is 53.1 Å². The number of fused-ring (bicyclic) bond motifs is 1. The Kier molecular flexibility index (Phi) is 7.25. The zero-order valence-electron chi connectivity index (χ0n) is 20.4. The SMILES string of the molecule is Cc1c(C(=O)OC(C)C(C)(C)C)cn2c1C(=O)N(CCCN(C)C(=O)c1ccncc1)CC2. The third kappa shape index (κ3) is 5.43. The van der Waals surface area contributed by atoms with Crippen molar-refractivity contribution in [2.24, 2.45) is 5.41 Å². The molecule has 0 bridgehead atoms. The largest absolute Gasteiger partial charge is 0.458 e. The second kappa shape index (κ2) is 9.77. The van der Waals surface area contributed by atoms with Crippen molar-refractivity contribution in [1.82, 2.24) is 19.4 Å². The van der Waals surface area contributed by atoms with E-state index >= 15 is 0 Å². The van der Waals surface area contributed by atoms with E-state index in [4.69, 9.17) is 4.74 Å². The average Bonchev–Trinajstić information content (AvgIpc) is 3.11. The summed E-state index contributed by atoms with van der Waals surface area (Å²) in [7, 11) is 1.76. The van der Waals surface area contributed by atoms with E-state index in [0.29, 0.717) is 55.0 Å². The lowest BCUT2D eigenvalue weighted by Gasteiger charge is -2.29. The minimum absolute atomic E-state index is 0.0697. The molecule has 2 aromatic heterocycles. The minimum atomic E-state index is -0.396. The standard InChI is InChI=1S/C25H34N4O4/c1-17-20(24(32)33-18(2)25(3,4)5)16-29-15-14-28(23(31)21(17)29)13-7-12-27(6)22(30)19-8-10-26-11-9-19/h8-11,16,18H,7,12-15H2,1-6H3. The van der Waals surface area contributed by atoms with Gasteiger partial charge in [0.1, 0.15) is 11.8 Å². The van der Waals surface area contributed by atoms with E-state index < -0.39 is 5.97 Å². The van der Waals surface area contributed by atoms with Gasteiger partial charge in [-0.1, -0.05) is 20.8 Å². The summed E-state index contributed by atoms with van der Waals surface area (Å²) in [6.45, 7) is 12.0. The van der Waals surface area contributed by atoms with Gasteiger partial charge in [-0.25, -0.2) is 4.79 Å². The molecule has 0 saturated heterocycles. The van der Waals surface area contributed by atoms with Gasteiger partial charge in [0.2, 0.25) is 0 Å². The first-order valence-corrected chi connectivity index (χ1v) is 11.4. The number of pyridine rings is 1. The van der Waals surface area contributed by atoms with Crippen LogP contribution in [0.2, 0.25) is 0 Å². The van der Waals surface area contributed by atoms with Crippen molar-refractivity contribution in [2.45, 2.75) is 53.7 Å². The maximum absolute atomic E-state index is 13.2. The molecule has 1 atom stereocenters. The first-order chi connectivity index (χ1) is 15.5. The summed E-state index contributed by atoms with van der Waals surface area (Å²) >= 11 is 0. The zero-order chi connectivity index (χ0) is 24.3. The van der Waals surface area contributed by atoms with Crippen molar-refractivity contribution in [3.63, 3.8) is 0 Å². The number of rotatable bonds is 7. The topological polar surface area (TPSA) is 84.7 Å². The minimum Gasteiger partial charge on any atom is -0.458 e. The molecule has 2 aromatic rings. The number of esters is 1. The van der Waals surface area contributed by atoms with Gasteiger partial charge in [-0.05, 0) is 43.4 Å². The summed E-state index contributed by atoms with van der Waals surface area (Å²) in [4.78, 5) is 45.8. The summed E-state index contributed by atoms with van der Waals surface area (Å²) < 4.78 is 7.51. The molecule has 0 aliphatic carbocycles. The number of carbonyl (C=O) groups excluding carboxylic acids is 3. The molecule has 8 heteroatoms. The number of nitrogens with zero attached hydrogens (tertiary/aromatic N) is 4. The molecule has 1 aliphatic rings. The van der Waals surface area contributed by atoms with E-state index in [9.17, 15) is 14.4 Å². The van der Waals surface area contributed by atoms with Gasteiger partial charge >= 0.3 is 5.97 Å². The summed E-state index contributed by atoms with van der Waals surface area (Å²) in [5.41, 5.74) is 2.06. The van der Waals surface area contributed by atoms with Crippen molar-refractivity contribution >= 4 is 17.8 Å². The van der Waals surface area contributed by atoms with Crippen LogP contribution in [0.25, 0.3) is 0 Å². The fourth-order valence-electron chi connectivity index (χ4n) is 3.73. The van der Waals surface area contributed by atoms with Crippen molar-refractivity contribution in [1.29, 1.82) is 0 Å². The number of ether oxygens (including phenoxy) is 1. The first kappa shape index (κ1) is 24.5. The first-order valence-electron chi connectivity index (χ1n) is 11.4. The Balaban J connectivity index is 1.61. The molecule has 1 aliphatic heterocycles. The smallest absolute Gasteiger partial charge is 0.340 e. The van der Waals surface area contributed by atoms with E-state index in [1.807, 2.05) is 32.3 Å². The Labute approximate surface area is 195 Å². The van der Waals surface area contributed by atoms with Crippen LogP contribution in [0, 0.1) is 12.3 Å². The van der Waals surface area contributed by atoms with Crippen LogP contribution in [0.15, 0.2) is 30.7 Å². The predicted molar refractivity (Wildman–Crippen MR) is 125 cm³/mol. The number of carbonyl (C=O) groups is 3. The summed E-state index contributed by atoms with van der Waals surface area (Å²) in [6.07, 6.45) is 5.34. The Bertz CT molecular complexity index is 1020. The highest BCUT2D eigenvalue weighted by Gasteiger charge is 2.32. The molecule has 8 nitrogen and oxygen atoms in total. The quantitative estimate of drug-likeness (QED) is 0.599. The van der Waals surface area contributed by atoms with Crippen molar-refractivity contribution in [2.75, 3.05) is 26.7 Å². The molecular formula is C25H34N4O4. The predicted octanol–water partition coefficient (Wildman–Crippen LogP) is 3.40. The van der Waals surface area contributed by atoms with E-state index in [-0.39, 0.29) is 23.3 Å². The third-order valence-electron chi connectivity index (χ3n) is 6.35. The highest BCUT2D eigenvalue weighted by atomic mass is 16.5. The lowest BCUT2D eigenvalue weighted by Crippen LogP contribution is -2.41. The van der Waals surface area contributed by atoms with E-state index in [1.54, 1.807) is 54.5 Å². The highest BCUT2D eigenvalue weighted by molar-refractivity contribution is 6.00. The van der Waals surface area contributed by atoms with E-state index in [1.165, 1.54) is 0 Å². The third-order valence-corrected chi connectivity index (χ3v) is 6.35. The highest BCUT2D eigenvalue weighted by Crippen LogP contribution is 2.26. The van der Waals surface area contributed by atoms with Crippen LogP contribution in [0.4, 0.5) is 0 Å². The van der Waals surface area contributed by atoms with Crippen molar-refractivity contribution in [3.8, 4) is 0 Å². The molecule has 1 unspecified atom stereocenters. The normalized spacial score (nSPS) is 14.6. The summed E-state index contributed by atoms with van der Waals surface area (Å²) in [5, 5.41) is 0. The van der Waals surface area contributed by atoms with Crippen LogP contribution in [-0.4, -0.2) is 69.9 Å². The molecule has 178 valence electrons. The average molecular weight is 455 g/mol.